The van der Waals surface area contributed by atoms with Gasteiger partial charge in [-0.05, 0) is 14.0 Å². The molecule has 0 saturated carbocycles. The second-order valence-electron chi connectivity index (χ2n) is 3.54. The van der Waals surface area contributed by atoms with Crippen LogP contribution in [0, 0.1) is 12.8 Å². The minimum atomic E-state index is 0. The number of amides is 1. The first-order valence-electron chi connectivity index (χ1n) is 4.96. The van der Waals surface area contributed by atoms with E-state index in [9.17, 15) is 4.79 Å². The highest BCUT2D eigenvalue weighted by Crippen LogP contribution is 2.11. The molecule has 17 heavy (non-hydrogen) atoms. The zero-order valence-corrected chi connectivity index (χ0v) is 12.6. The first kappa shape index (κ1) is 19.0. The molecule has 1 aromatic rings. The number of thiazole rings is 1. The molecule has 1 rings (SSSR count). The Morgan fingerprint density at radius 1 is 1.53 bits per heavy atom. The van der Waals surface area contributed by atoms with Crippen LogP contribution in [0.3, 0.4) is 0 Å². The molecule has 1 amide bonds. The fourth-order valence-corrected chi connectivity index (χ4v) is 1.95. The van der Waals surface area contributed by atoms with Gasteiger partial charge in [0.05, 0.1) is 17.7 Å². The number of nitrogens with zero attached hydrogens (tertiary/aromatic N) is 1. The van der Waals surface area contributed by atoms with Crippen molar-refractivity contribution >= 4 is 42.1 Å². The van der Waals surface area contributed by atoms with E-state index in [4.69, 9.17) is 0 Å². The molecule has 0 aliphatic rings. The zero-order valence-electron chi connectivity index (χ0n) is 10.1. The van der Waals surface area contributed by atoms with Crippen molar-refractivity contribution < 1.29 is 4.79 Å². The van der Waals surface area contributed by atoms with Crippen molar-refractivity contribution in [2.45, 2.75) is 20.4 Å². The molecule has 0 fully saturated rings. The first-order valence-corrected chi connectivity index (χ1v) is 5.84. The van der Waals surface area contributed by atoms with Crippen molar-refractivity contribution in [2.24, 2.45) is 5.92 Å². The summed E-state index contributed by atoms with van der Waals surface area (Å²) in [5.41, 5.74) is 2.80. The lowest BCUT2D eigenvalue weighted by Crippen LogP contribution is -2.33. The Morgan fingerprint density at radius 2 is 2.18 bits per heavy atom. The van der Waals surface area contributed by atoms with E-state index in [1.165, 1.54) is 0 Å². The maximum absolute atomic E-state index is 11.6. The predicted molar refractivity (Wildman–Crippen MR) is 76.3 cm³/mol. The fraction of sp³-hybridized carbons (Fsp3) is 0.600. The highest BCUT2D eigenvalue weighted by molar-refractivity contribution is 7.09. The molecule has 1 unspecified atom stereocenters. The SMILES string of the molecule is CNCC(C)C(=O)NCc1scnc1C.Cl.Cl. The van der Waals surface area contributed by atoms with Gasteiger partial charge in [-0.25, -0.2) is 4.98 Å². The number of halogens is 2. The smallest absolute Gasteiger partial charge is 0.224 e. The molecular weight excluding hydrogens is 281 g/mol. The third kappa shape index (κ3) is 6.21. The fourth-order valence-electron chi connectivity index (χ4n) is 1.24. The van der Waals surface area contributed by atoms with Crippen LogP contribution in [0.1, 0.15) is 17.5 Å². The lowest BCUT2D eigenvalue weighted by atomic mass is 10.1. The molecule has 0 aliphatic heterocycles. The van der Waals surface area contributed by atoms with Crippen LogP contribution in [0.2, 0.25) is 0 Å². The number of hydrogen-bond donors (Lipinski definition) is 2. The van der Waals surface area contributed by atoms with E-state index in [1.54, 1.807) is 16.8 Å². The van der Waals surface area contributed by atoms with Crippen molar-refractivity contribution in [2.75, 3.05) is 13.6 Å². The summed E-state index contributed by atoms with van der Waals surface area (Å²) in [6, 6.07) is 0. The van der Waals surface area contributed by atoms with E-state index in [2.05, 4.69) is 15.6 Å². The normalized spacial score (nSPS) is 11.0. The zero-order chi connectivity index (χ0) is 11.3. The van der Waals surface area contributed by atoms with Gasteiger partial charge in [0.15, 0.2) is 0 Å². The van der Waals surface area contributed by atoms with E-state index in [1.807, 2.05) is 20.9 Å². The Labute approximate surface area is 118 Å². The number of carbonyl (C=O) groups is 1. The van der Waals surface area contributed by atoms with Gasteiger partial charge in [-0.2, -0.15) is 0 Å². The van der Waals surface area contributed by atoms with E-state index in [-0.39, 0.29) is 36.6 Å². The Balaban J connectivity index is 0. The van der Waals surface area contributed by atoms with Crippen molar-refractivity contribution in [1.82, 2.24) is 15.6 Å². The number of aromatic nitrogens is 1. The highest BCUT2D eigenvalue weighted by Gasteiger charge is 2.11. The van der Waals surface area contributed by atoms with E-state index >= 15 is 0 Å². The largest absolute Gasteiger partial charge is 0.351 e. The molecule has 1 atom stereocenters. The summed E-state index contributed by atoms with van der Waals surface area (Å²) in [6.45, 7) is 5.15. The quantitative estimate of drug-likeness (QED) is 0.871. The summed E-state index contributed by atoms with van der Waals surface area (Å²) in [4.78, 5) is 16.8. The second-order valence-corrected chi connectivity index (χ2v) is 4.48. The van der Waals surface area contributed by atoms with Gasteiger partial charge in [0.2, 0.25) is 5.91 Å². The van der Waals surface area contributed by atoms with Crippen LogP contribution in [0.4, 0.5) is 0 Å². The van der Waals surface area contributed by atoms with E-state index < -0.39 is 0 Å². The average Bonchev–Trinajstić information content (AvgIpc) is 2.61. The third-order valence-electron chi connectivity index (χ3n) is 2.23. The van der Waals surface area contributed by atoms with Gasteiger partial charge in [0.1, 0.15) is 0 Å². The second kappa shape index (κ2) is 9.65. The Hall–Kier alpha value is -0.360. The monoisotopic (exact) mass is 299 g/mol. The van der Waals surface area contributed by atoms with Gasteiger partial charge < -0.3 is 10.6 Å². The molecule has 0 aliphatic carbocycles. The number of aryl methyl sites for hydroxylation is 1. The first-order chi connectivity index (χ1) is 7.15. The molecule has 0 aromatic carbocycles. The molecule has 0 saturated heterocycles. The van der Waals surface area contributed by atoms with Gasteiger partial charge in [-0.3, -0.25) is 4.79 Å². The molecule has 100 valence electrons. The molecule has 4 nitrogen and oxygen atoms in total. The molecular formula is C10H19Cl2N3OS. The summed E-state index contributed by atoms with van der Waals surface area (Å²) >= 11 is 1.58. The van der Waals surface area contributed by atoms with Crippen molar-refractivity contribution in [3.05, 3.63) is 16.1 Å². The molecule has 1 heterocycles. The lowest BCUT2D eigenvalue weighted by Gasteiger charge is -2.10. The van der Waals surface area contributed by atoms with Crippen LogP contribution >= 0.6 is 36.2 Å². The van der Waals surface area contributed by atoms with Crippen LogP contribution in [-0.4, -0.2) is 24.5 Å². The van der Waals surface area contributed by atoms with Crippen LogP contribution in [0.5, 0.6) is 0 Å². The Bertz CT molecular complexity index is 333. The van der Waals surface area contributed by atoms with Crippen LogP contribution in [0.25, 0.3) is 0 Å². The van der Waals surface area contributed by atoms with E-state index in [0.29, 0.717) is 13.1 Å². The number of nitrogens with one attached hydrogen (secondary N) is 2. The van der Waals surface area contributed by atoms with Crippen LogP contribution in [-0.2, 0) is 11.3 Å². The molecule has 0 bridgehead atoms. The number of rotatable bonds is 5. The van der Waals surface area contributed by atoms with Crippen molar-refractivity contribution in [1.29, 1.82) is 0 Å². The predicted octanol–water partition coefficient (Wildman–Crippen LogP) is 1.77. The Morgan fingerprint density at radius 3 is 2.65 bits per heavy atom. The summed E-state index contributed by atoms with van der Waals surface area (Å²) in [5, 5.41) is 5.88. The van der Waals surface area contributed by atoms with Crippen LogP contribution < -0.4 is 10.6 Å². The van der Waals surface area contributed by atoms with Gasteiger partial charge in [0, 0.05) is 17.3 Å². The molecule has 1 aromatic heterocycles. The number of carbonyl (C=O) groups excluding carboxylic acids is 1. The van der Waals surface area contributed by atoms with Crippen molar-refractivity contribution in [3.8, 4) is 0 Å². The highest BCUT2D eigenvalue weighted by atomic mass is 35.5. The molecule has 0 radical (unpaired) electrons. The van der Waals surface area contributed by atoms with E-state index in [0.717, 1.165) is 10.6 Å². The molecule has 2 N–H and O–H groups in total. The summed E-state index contributed by atoms with van der Waals surface area (Å²) in [7, 11) is 1.84. The Kier molecular flexibility index (Phi) is 10.8. The van der Waals surface area contributed by atoms with Gasteiger partial charge >= 0.3 is 0 Å². The summed E-state index contributed by atoms with van der Waals surface area (Å²) < 4.78 is 0. The minimum Gasteiger partial charge on any atom is -0.351 e. The average molecular weight is 300 g/mol. The maximum Gasteiger partial charge on any atom is 0.224 e. The maximum atomic E-state index is 11.6. The van der Waals surface area contributed by atoms with Crippen LogP contribution in [0.15, 0.2) is 5.51 Å². The van der Waals surface area contributed by atoms with Gasteiger partial charge in [-0.15, -0.1) is 36.2 Å². The van der Waals surface area contributed by atoms with Gasteiger partial charge in [0.25, 0.3) is 0 Å². The topological polar surface area (TPSA) is 54.0 Å². The summed E-state index contributed by atoms with van der Waals surface area (Å²) in [5.74, 6) is 0.0837. The minimum absolute atomic E-state index is 0. The summed E-state index contributed by atoms with van der Waals surface area (Å²) in [6.07, 6.45) is 0. The molecule has 7 heteroatoms. The van der Waals surface area contributed by atoms with Gasteiger partial charge in [-0.1, -0.05) is 6.92 Å². The van der Waals surface area contributed by atoms with Crippen molar-refractivity contribution in [3.63, 3.8) is 0 Å². The standard InChI is InChI=1S/C10H17N3OS.2ClH/c1-7(4-11-3)10(14)12-5-9-8(2)13-6-15-9;;/h6-7,11H,4-5H2,1-3H3,(H,12,14);2*1H. The lowest BCUT2D eigenvalue weighted by molar-refractivity contribution is -0.124. The third-order valence-corrected chi connectivity index (χ3v) is 3.16. The number of hydrogen-bond acceptors (Lipinski definition) is 4. The molecule has 0 spiro atoms.